The highest BCUT2D eigenvalue weighted by Crippen LogP contribution is 2.36. The number of hydrogen-bond acceptors (Lipinski definition) is 5. The fourth-order valence-electron chi connectivity index (χ4n) is 3.61. The Kier molecular flexibility index (Phi) is 10.6. The molecule has 8 heteroatoms. The van der Waals surface area contributed by atoms with Crippen molar-refractivity contribution in [1.82, 2.24) is 0 Å². The minimum absolute atomic E-state index is 0.103. The molecule has 162 valence electrons. The predicted molar refractivity (Wildman–Crippen MR) is 122 cm³/mol. The van der Waals surface area contributed by atoms with Gasteiger partial charge in [0.2, 0.25) is 0 Å². The van der Waals surface area contributed by atoms with E-state index in [1.54, 1.807) is 17.4 Å². The molecule has 0 aromatic carbocycles. The summed E-state index contributed by atoms with van der Waals surface area (Å²) in [6.45, 7) is 0. The summed E-state index contributed by atoms with van der Waals surface area (Å²) in [7, 11) is 0. The Morgan fingerprint density at radius 2 is 2.03 bits per heavy atom. The van der Waals surface area contributed by atoms with E-state index in [2.05, 4.69) is 31.9 Å². The first kappa shape index (κ1) is 24.8. The second kappa shape index (κ2) is 12.4. The Bertz CT molecular complexity index is 698. The summed E-state index contributed by atoms with van der Waals surface area (Å²) in [5.41, 5.74) is 0. The third-order valence-corrected chi connectivity index (χ3v) is 8.51. The summed E-state index contributed by atoms with van der Waals surface area (Å²) in [5, 5.41) is 39.5. The molecule has 4 N–H and O–H groups in total. The largest absolute Gasteiger partial charge is 0.481 e. The number of rotatable bonds is 11. The van der Waals surface area contributed by atoms with Crippen molar-refractivity contribution < 1.29 is 25.2 Å². The molecule has 0 radical (unpaired) electrons. The van der Waals surface area contributed by atoms with Crippen molar-refractivity contribution in [3.8, 4) is 0 Å². The predicted octanol–water partition coefficient (Wildman–Crippen LogP) is 4.68. The van der Waals surface area contributed by atoms with Gasteiger partial charge in [-0.25, -0.2) is 0 Å². The van der Waals surface area contributed by atoms with Crippen LogP contribution in [0.2, 0.25) is 0 Å². The van der Waals surface area contributed by atoms with Crippen molar-refractivity contribution in [3.05, 3.63) is 43.5 Å². The van der Waals surface area contributed by atoms with Crippen molar-refractivity contribution in [2.24, 2.45) is 11.8 Å². The van der Waals surface area contributed by atoms with Gasteiger partial charge < -0.3 is 20.4 Å². The topological polar surface area (TPSA) is 98.0 Å². The lowest BCUT2D eigenvalue weighted by Crippen LogP contribution is -2.20. The molecule has 1 aromatic rings. The van der Waals surface area contributed by atoms with Gasteiger partial charge in [-0.1, -0.05) is 24.3 Å². The number of carbonyl (C=O) groups is 1. The zero-order valence-corrected chi connectivity index (χ0v) is 20.1. The van der Waals surface area contributed by atoms with Crippen molar-refractivity contribution >= 4 is 49.2 Å². The summed E-state index contributed by atoms with van der Waals surface area (Å²) < 4.78 is 2.06. The molecule has 1 aliphatic rings. The number of hydrogen-bond donors (Lipinski definition) is 4. The van der Waals surface area contributed by atoms with E-state index in [9.17, 15) is 20.1 Å². The number of aliphatic hydroxyl groups excluding tert-OH is 3. The first-order valence-electron chi connectivity index (χ1n) is 9.81. The lowest BCUT2D eigenvalue weighted by molar-refractivity contribution is -0.137. The van der Waals surface area contributed by atoms with E-state index in [1.165, 1.54) is 4.88 Å². The number of aliphatic carboxylic acids is 1. The van der Waals surface area contributed by atoms with E-state index in [0.29, 0.717) is 32.1 Å². The molecule has 1 saturated carbocycles. The Labute approximate surface area is 192 Å². The molecular formula is C21H28Br2O5S. The summed E-state index contributed by atoms with van der Waals surface area (Å²) in [5.74, 6) is -1.10. The first-order chi connectivity index (χ1) is 13.8. The van der Waals surface area contributed by atoms with Crippen LogP contribution in [-0.2, 0) is 11.2 Å². The number of carboxylic acid groups (broad SMARTS) is 1. The number of aliphatic hydroxyl groups is 3. The van der Waals surface area contributed by atoms with Gasteiger partial charge in [-0.2, -0.15) is 0 Å². The van der Waals surface area contributed by atoms with E-state index < -0.39 is 24.3 Å². The zero-order valence-electron chi connectivity index (χ0n) is 16.1. The molecule has 5 atom stereocenters. The second-order valence-electron chi connectivity index (χ2n) is 7.43. The molecule has 0 spiro atoms. The fraction of sp³-hybridized carbons (Fsp3) is 0.571. The van der Waals surface area contributed by atoms with Crippen molar-refractivity contribution in [1.29, 1.82) is 0 Å². The van der Waals surface area contributed by atoms with E-state index in [0.717, 1.165) is 14.7 Å². The summed E-state index contributed by atoms with van der Waals surface area (Å²) >= 11 is 8.57. The van der Waals surface area contributed by atoms with Crippen molar-refractivity contribution in [2.75, 3.05) is 0 Å². The standard InChI is InChI=1S/C21H28Br2O5S/c22-17-11-14(29-21(17)23)9-7-13(24)8-10-16-15(18(25)12-19(16)26)5-3-1-2-4-6-20(27)28/h1,3,8,10-11,13,15-16,18-19,24-26H,2,4-7,9,12H2,(H,27,28)/b3-1-,10-8+/t13-,15-,16-,18+,19+/m1/s1. The summed E-state index contributed by atoms with van der Waals surface area (Å²) in [6, 6.07) is 2.04. The van der Waals surface area contributed by atoms with Crippen LogP contribution in [0.1, 0.15) is 43.4 Å². The molecule has 0 aliphatic heterocycles. The van der Waals surface area contributed by atoms with Crippen LogP contribution in [0.3, 0.4) is 0 Å². The second-order valence-corrected chi connectivity index (χ2v) is 10.7. The average Bonchev–Trinajstić information content (AvgIpc) is 3.11. The zero-order chi connectivity index (χ0) is 21.4. The lowest BCUT2D eigenvalue weighted by Gasteiger charge is -2.19. The molecule has 1 fully saturated rings. The van der Waals surface area contributed by atoms with Crippen LogP contribution in [0.25, 0.3) is 0 Å². The molecule has 1 aliphatic carbocycles. The normalized spacial score (nSPS) is 26.0. The fourth-order valence-corrected chi connectivity index (χ4v) is 5.80. The molecule has 0 bridgehead atoms. The Morgan fingerprint density at radius 3 is 2.69 bits per heavy atom. The quantitative estimate of drug-likeness (QED) is 0.236. The van der Waals surface area contributed by atoms with Crippen LogP contribution in [0.5, 0.6) is 0 Å². The monoisotopic (exact) mass is 550 g/mol. The first-order valence-corrected chi connectivity index (χ1v) is 12.2. The van der Waals surface area contributed by atoms with Crippen LogP contribution < -0.4 is 0 Å². The third kappa shape index (κ3) is 8.26. The highest BCUT2D eigenvalue weighted by atomic mass is 79.9. The Morgan fingerprint density at radius 1 is 1.28 bits per heavy atom. The number of thiophene rings is 1. The molecule has 29 heavy (non-hydrogen) atoms. The Hall–Kier alpha value is -0.510. The van der Waals surface area contributed by atoms with E-state index in [1.807, 2.05) is 24.3 Å². The SMILES string of the molecule is O=C(O)CCC/C=C\C[C@@H]1[C@@H](/C=C/[C@H](O)CCc2cc(Br)c(Br)s2)[C@@H](O)C[C@@H]1O. The van der Waals surface area contributed by atoms with Crippen LogP contribution in [0, 0.1) is 11.8 Å². The summed E-state index contributed by atoms with van der Waals surface area (Å²) in [6.07, 6.45) is 9.39. The van der Waals surface area contributed by atoms with Crippen LogP contribution in [0.15, 0.2) is 38.6 Å². The molecular weight excluding hydrogens is 524 g/mol. The van der Waals surface area contributed by atoms with Gasteiger partial charge in [0, 0.05) is 28.1 Å². The van der Waals surface area contributed by atoms with Gasteiger partial charge >= 0.3 is 5.97 Å². The number of allylic oxidation sites excluding steroid dienone is 2. The molecule has 0 saturated heterocycles. The van der Waals surface area contributed by atoms with E-state index in [-0.39, 0.29) is 18.3 Å². The van der Waals surface area contributed by atoms with Crippen LogP contribution in [-0.4, -0.2) is 44.7 Å². The van der Waals surface area contributed by atoms with Gasteiger partial charge in [0.15, 0.2) is 0 Å². The molecule has 0 unspecified atom stereocenters. The number of carboxylic acids is 1. The smallest absolute Gasteiger partial charge is 0.303 e. The molecule has 1 aromatic heterocycles. The maximum absolute atomic E-state index is 10.5. The van der Waals surface area contributed by atoms with Crippen LogP contribution in [0.4, 0.5) is 0 Å². The van der Waals surface area contributed by atoms with Gasteiger partial charge in [-0.15, -0.1) is 11.3 Å². The third-order valence-electron chi connectivity index (χ3n) is 5.19. The lowest BCUT2D eigenvalue weighted by atomic mass is 9.89. The highest BCUT2D eigenvalue weighted by Gasteiger charge is 2.39. The Balaban J connectivity index is 1.83. The maximum Gasteiger partial charge on any atom is 0.303 e. The minimum atomic E-state index is -0.796. The van der Waals surface area contributed by atoms with Crippen LogP contribution >= 0.6 is 43.2 Å². The minimum Gasteiger partial charge on any atom is -0.481 e. The van der Waals surface area contributed by atoms with E-state index >= 15 is 0 Å². The van der Waals surface area contributed by atoms with E-state index in [4.69, 9.17) is 5.11 Å². The van der Waals surface area contributed by atoms with Gasteiger partial charge in [0.1, 0.15) is 0 Å². The summed E-state index contributed by atoms with van der Waals surface area (Å²) in [4.78, 5) is 11.7. The maximum atomic E-state index is 10.5. The van der Waals surface area contributed by atoms with Crippen molar-refractivity contribution in [3.63, 3.8) is 0 Å². The highest BCUT2D eigenvalue weighted by molar-refractivity contribution is 9.13. The molecule has 5 nitrogen and oxygen atoms in total. The van der Waals surface area contributed by atoms with Gasteiger partial charge in [0.05, 0.1) is 22.1 Å². The van der Waals surface area contributed by atoms with Crippen molar-refractivity contribution in [2.45, 2.75) is 63.3 Å². The van der Waals surface area contributed by atoms with Gasteiger partial charge in [-0.3, -0.25) is 4.79 Å². The average molecular weight is 552 g/mol. The number of aryl methyl sites for hydroxylation is 1. The molecule has 0 amide bonds. The van der Waals surface area contributed by atoms with Gasteiger partial charge in [0.25, 0.3) is 0 Å². The number of halogens is 2. The number of unbranched alkanes of at least 4 members (excludes halogenated alkanes) is 1. The molecule has 2 rings (SSSR count). The van der Waals surface area contributed by atoms with Gasteiger partial charge in [-0.05, 0) is 75.9 Å². The molecule has 1 heterocycles.